The van der Waals surface area contributed by atoms with Gasteiger partial charge in [0.25, 0.3) is 0 Å². The van der Waals surface area contributed by atoms with Crippen molar-refractivity contribution in [2.75, 3.05) is 13.1 Å². The van der Waals surface area contributed by atoms with Crippen LogP contribution in [0.3, 0.4) is 0 Å². The summed E-state index contributed by atoms with van der Waals surface area (Å²) in [5.74, 6) is 0.370. The van der Waals surface area contributed by atoms with Gasteiger partial charge in [0.05, 0.1) is 0 Å². The molecular formula is C15H21F2N. The van der Waals surface area contributed by atoms with Crippen molar-refractivity contribution in [3.05, 3.63) is 35.4 Å². The number of piperidine rings is 1. The summed E-state index contributed by atoms with van der Waals surface area (Å²) in [6, 6.07) is 3.99. The van der Waals surface area contributed by atoms with Crippen molar-refractivity contribution < 1.29 is 8.78 Å². The molecule has 1 aromatic rings. The number of benzene rings is 1. The highest BCUT2D eigenvalue weighted by atomic mass is 19.1. The van der Waals surface area contributed by atoms with Crippen molar-refractivity contribution in [2.45, 2.75) is 32.6 Å². The van der Waals surface area contributed by atoms with Gasteiger partial charge < -0.3 is 5.32 Å². The quantitative estimate of drug-likeness (QED) is 0.866. The van der Waals surface area contributed by atoms with Crippen molar-refractivity contribution in [3.63, 3.8) is 0 Å². The van der Waals surface area contributed by atoms with Crippen LogP contribution in [0.5, 0.6) is 0 Å². The summed E-state index contributed by atoms with van der Waals surface area (Å²) < 4.78 is 26.9. The summed E-state index contributed by atoms with van der Waals surface area (Å²) in [5, 5.41) is 3.37. The van der Waals surface area contributed by atoms with Crippen molar-refractivity contribution in [2.24, 2.45) is 11.8 Å². The van der Waals surface area contributed by atoms with Crippen molar-refractivity contribution in [1.82, 2.24) is 5.32 Å². The Hall–Kier alpha value is -0.960. The van der Waals surface area contributed by atoms with Crippen LogP contribution in [0.25, 0.3) is 0 Å². The van der Waals surface area contributed by atoms with Gasteiger partial charge in [0.15, 0.2) is 0 Å². The van der Waals surface area contributed by atoms with Crippen LogP contribution in [-0.4, -0.2) is 13.1 Å². The third kappa shape index (κ3) is 3.08. The first kappa shape index (κ1) is 13.5. The number of hydrogen-bond donors (Lipinski definition) is 1. The van der Waals surface area contributed by atoms with Gasteiger partial charge in [-0.3, -0.25) is 0 Å². The van der Waals surface area contributed by atoms with Gasteiger partial charge in [-0.05, 0) is 55.3 Å². The van der Waals surface area contributed by atoms with E-state index in [2.05, 4.69) is 19.2 Å². The van der Waals surface area contributed by atoms with E-state index < -0.39 is 11.6 Å². The standard InChI is InChI=1S/C15H21F2N/c1-10(2)7-11-9-18-6-5-13(11)14-4-3-12(16)8-15(14)17/h3-4,8,10-11,13,18H,5-7,9H2,1-2H3. The summed E-state index contributed by atoms with van der Waals surface area (Å²) in [6.07, 6.45) is 2.01. The topological polar surface area (TPSA) is 12.0 Å². The monoisotopic (exact) mass is 253 g/mol. The Kier molecular flexibility index (Phi) is 4.33. The highest BCUT2D eigenvalue weighted by Gasteiger charge is 2.28. The van der Waals surface area contributed by atoms with E-state index in [1.807, 2.05) is 0 Å². The van der Waals surface area contributed by atoms with Gasteiger partial charge in [-0.15, -0.1) is 0 Å². The molecule has 0 aromatic heterocycles. The average molecular weight is 253 g/mol. The van der Waals surface area contributed by atoms with Crippen LogP contribution in [0.4, 0.5) is 8.78 Å². The maximum absolute atomic E-state index is 13.9. The molecule has 1 aromatic carbocycles. The second-order valence-electron chi connectivity index (χ2n) is 5.65. The van der Waals surface area contributed by atoms with E-state index in [1.54, 1.807) is 6.07 Å². The lowest BCUT2D eigenvalue weighted by molar-refractivity contribution is 0.275. The summed E-state index contributed by atoms with van der Waals surface area (Å²) in [7, 11) is 0. The van der Waals surface area contributed by atoms with E-state index in [4.69, 9.17) is 0 Å². The first-order chi connectivity index (χ1) is 8.58. The zero-order valence-electron chi connectivity index (χ0n) is 11.0. The van der Waals surface area contributed by atoms with Crippen LogP contribution in [-0.2, 0) is 0 Å². The molecule has 2 unspecified atom stereocenters. The summed E-state index contributed by atoms with van der Waals surface area (Å²) in [4.78, 5) is 0. The Morgan fingerprint density at radius 1 is 1.33 bits per heavy atom. The van der Waals surface area contributed by atoms with Gasteiger partial charge in [0.2, 0.25) is 0 Å². The molecule has 0 radical (unpaired) electrons. The third-order valence-electron chi connectivity index (χ3n) is 3.74. The minimum Gasteiger partial charge on any atom is -0.316 e. The van der Waals surface area contributed by atoms with Crippen molar-refractivity contribution in [3.8, 4) is 0 Å². The van der Waals surface area contributed by atoms with Gasteiger partial charge in [0.1, 0.15) is 11.6 Å². The molecule has 0 aliphatic carbocycles. The number of rotatable bonds is 3. The van der Waals surface area contributed by atoms with E-state index in [1.165, 1.54) is 6.07 Å². The molecule has 0 bridgehead atoms. The SMILES string of the molecule is CC(C)CC1CNCCC1c1ccc(F)cc1F. The molecule has 100 valence electrons. The van der Waals surface area contributed by atoms with Crippen LogP contribution in [0.2, 0.25) is 0 Å². The summed E-state index contributed by atoms with van der Waals surface area (Å²) in [5.41, 5.74) is 0.684. The third-order valence-corrected chi connectivity index (χ3v) is 3.74. The summed E-state index contributed by atoms with van der Waals surface area (Å²) in [6.45, 7) is 6.22. The molecule has 0 amide bonds. The molecule has 3 heteroatoms. The molecule has 1 saturated heterocycles. The van der Waals surface area contributed by atoms with E-state index in [0.29, 0.717) is 17.4 Å². The van der Waals surface area contributed by atoms with Crippen LogP contribution in [0.15, 0.2) is 18.2 Å². The van der Waals surface area contributed by atoms with Crippen LogP contribution in [0.1, 0.15) is 38.2 Å². The Balaban J connectivity index is 2.22. The average Bonchev–Trinajstić information content (AvgIpc) is 2.30. The minimum absolute atomic E-state index is 0.217. The molecule has 1 aliphatic heterocycles. The molecule has 1 nitrogen and oxygen atoms in total. The van der Waals surface area contributed by atoms with E-state index >= 15 is 0 Å². The molecule has 0 saturated carbocycles. The molecule has 0 spiro atoms. The number of hydrogen-bond acceptors (Lipinski definition) is 1. The maximum atomic E-state index is 13.9. The first-order valence-corrected chi connectivity index (χ1v) is 6.73. The van der Waals surface area contributed by atoms with Gasteiger partial charge in [-0.2, -0.15) is 0 Å². The van der Waals surface area contributed by atoms with Gasteiger partial charge >= 0.3 is 0 Å². The Morgan fingerprint density at radius 3 is 2.78 bits per heavy atom. The van der Waals surface area contributed by atoms with Gasteiger partial charge in [0, 0.05) is 6.07 Å². The lowest BCUT2D eigenvalue weighted by atomic mass is 9.77. The lowest BCUT2D eigenvalue weighted by Crippen LogP contribution is -2.36. The summed E-state index contributed by atoms with van der Waals surface area (Å²) >= 11 is 0. The van der Waals surface area contributed by atoms with E-state index in [9.17, 15) is 8.78 Å². The molecule has 1 fully saturated rings. The van der Waals surface area contributed by atoms with Crippen LogP contribution in [0, 0.1) is 23.5 Å². The molecule has 2 rings (SSSR count). The molecule has 2 atom stereocenters. The zero-order valence-corrected chi connectivity index (χ0v) is 11.0. The molecular weight excluding hydrogens is 232 g/mol. The number of halogens is 2. The molecule has 1 aliphatic rings. The largest absolute Gasteiger partial charge is 0.316 e. The highest BCUT2D eigenvalue weighted by Crippen LogP contribution is 2.35. The maximum Gasteiger partial charge on any atom is 0.129 e. The first-order valence-electron chi connectivity index (χ1n) is 6.73. The van der Waals surface area contributed by atoms with Gasteiger partial charge in [-0.1, -0.05) is 19.9 Å². The highest BCUT2D eigenvalue weighted by molar-refractivity contribution is 5.24. The Labute approximate surface area is 108 Å². The molecule has 18 heavy (non-hydrogen) atoms. The minimum atomic E-state index is -0.495. The fourth-order valence-corrected chi connectivity index (χ4v) is 2.99. The lowest BCUT2D eigenvalue weighted by Gasteiger charge is -2.33. The molecule has 1 N–H and O–H groups in total. The van der Waals surface area contributed by atoms with Gasteiger partial charge in [-0.25, -0.2) is 8.78 Å². The van der Waals surface area contributed by atoms with Crippen LogP contribution >= 0.6 is 0 Å². The fourth-order valence-electron chi connectivity index (χ4n) is 2.99. The molecule has 1 heterocycles. The Bertz CT molecular complexity index is 403. The fraction of sp³-hybridized carbons (Fsp3) is 0.600. The Morgan fingerprint density at radius 2 is 2.11 bits per heavy atom. The zero-order chi connectivity index (χ0) is 13.1. The predicted octanol–water partition coefficient (Wildman–Crippen LogP) is 3.70. The number of nitrogens with one attached hydrogen (secondary N) is 1. The second-order valence-corrected chi connectivity index (χ2v) is 5.65. The van der Waals surface area contributed by atoms with E-state index in [-0.39, 0.29) is 5.92 Å². The second kappa shape index (κ2) is 5.79. The van der Waals surface area contributed by atoms with Crippen LogP contribution < -0.4 is 5.32 Å². The predicted molar refractivity (Wildman–Crippen MR) is 69.5 cm³/mol. The normalized spacial score (nSPS) is 24.5. The smallest absolute Gasteiger partial charge is 0.129 e. The van der Waals surface area contributed by atoms with E-state index in [0.717, 1.165) is 32.0 Å². The van der Waals surface area contributed by atoms with Crippen molar-refractivity contribution in [1.29, 1.82) is 0 Å². The van der Waals surface area contributed by atoms with Crippen molar-refractivity contribution >= 4 is 0 Å².